The van der Waals surface area contributed by atoms with Crippen molar-refractivity contribution in [2.45, 2.75) is 57.8 Å². The fraction of sp³-hybridized carbons (Fsp3) is 0.846. The van der Waals surface area contributed by atoms with Crippen molar-refractivity contribution in [3.63, 3.8) is 0 Å². The van der Waals surface area contributed by atoms with Crippen LogP contribution in [0.2, 0.25) is 0 Å². The van der Waals surface area contributed by atoms with E-state index in [2.05, 4.69) is 10.2 Å². The highest BCUT2D eigenvalue weighted by molar-refractivity contribution is 6.61. The first kappa shape index (κ1) is 14.9. The summed E-state index contributed by atoms with van der Waals surface area (Å²) in [6.07, 6.45) is 1.82. The number of hydrogen-bond acceptors (Lipinski definition) is 5. The van der Waals surface area contributed by atoms with Crippen molar-refractivity contribution in [1.29, 1.82) is 0 Å². The van der Waals surface area contributed by atoms with Gasteiger partial charge in [0.15, 0.2) is 5.59 Å². The van der Waals surface area contributed by atoms with Gasteiger partial charge in [0.2, 0.25) is 0 Å². The Morgan fingerprint density at radius 1 is 1.19 bits per heavy atom. The van der Waals surface area contributed by atoms with Crippen LogP contribution in [0.4, 0.5) is 4.39 Å². The molecular weight excluding hydrogens is 276 g/mol. The van der Waals surface area contributed by atoms with E-state index in [1.165, 1.54) is 4.80 Å². The molecule has 1 unspecified atom stereocenters. The number of halogens is 1. The maximum Gasteiger partial charge on any atom is 0.521 e. The Bertz CT molecular complexity index is 513. The van der Waals surface area contributed by atoms with Crippen LogP contribution < -0.4 is 5.59 Å². The molecule has 2 aliphatic heterocycles. The first-order valence-electron chi connectivity index (χ1n) is 7.36. The molecule has 1 atom stereocenters. The second kappa shape index (κ2) is 5.03. The molecular formula is C13H21BFN3O3. The Morgan fingerprint density at radius 2 is 1.86 bits per heavy atom. The zero-order valence-corrected chi connectivity index (χ0v) is 12.9. The largest absolute Gasteiger partial charge is 0.521 e. The van der Waals surface area contributed by atoms with Gasteiger partial charge in [0.05, 0.1) is 23.9 Å². The summed E-state index contributed by atoms with van der Waals surface area (Å²) in [5.41, 5.74) is -0.942. The summed E-state index contributed by atoms with van der Waals surface area (Å²) >= 11 is 0. The van der Waals surface area contributed by atoms with Gasteiger partial charge >= 0.3 is 7.12 Å². The van der Waals surface area contributed by atoms with E-state index >= 15 is 0 Å². The zero-order chi connectivity index (χ0) is 15.3. The lowest BCUT2D eigenvalue weighted by Gasteiger charge is -2.32. The maximum atomic E-state index is 14.1. The van der Waals surface area contributed by atoms with Gasteiger partial charge in [0.25, 0.3) is 5.95 Å². The smallest absolute Gasteiger partial charge is 0.398 e. The molecule has 8 heteroatoms. The fourth-order valence-electron chi connectivity index (χ4n) is 2.48. The molecule has 3 rings (SSSR count). The molecule has 0 amide bonds. The molecule has 3 heterocycles. The molecule has 6 nitrogen and oxygen atoms in total. The van der Waals surface area contributed by atoms with Gasteiger partial charge in [-0.3, -0.25) is 0 Å². The summed E-state index contributed by atoms with van der Waals surface area (Å²) in [6, 6.07) is -0.0237. The minimum atomic E-state index is -0.826. The van der Waals surface area contributed by atoms with Crippen molar-refractivity contribution in [3.05, 3.63) is 5.95 Å². The standard InChI is InChI=1S/C13H21BFN3O3/c1-12(2)13(3,4)21-14(20-12)10-11(15)17-18(16-10)9-6-5-7-19-8-9/h9H,5-8H2,1-4H3. The molecule has 0 radical (unpaired) electrons. The van der Waals surface area contributed by atoms with Crippen LogP contribution in [0.25, 0.3) is 0 Å². The Morgan fingerprint density at radius 3 is 2.43 bits per heavy atom. The van der Waals surface area contributed by atoms with Gasteiger partial charge in [0.1, 0.15) is 0 Å². The van der Waals surface area contributed by atoms with E-state index in [-0.39, 0.29) is 11.6 Å². The van der Waals surface area contributed by atoms with Crippen LogP contribution >= 0.6 is 0 Å². The molecule has 0 aliphatic carbocycles. The molecule has 1 aromatic rings. The topological polar surface area (TPSA) is 58.4 Å². The molecule has 0 N–H and O–H groups in total. The zero-order valence-electron chi connectivity index (χ0n) is 12.9. The number of nitrogens with zero attached hydrogens (tertiary/aromatic N) is 3. The Balaban J connectivity index is 1.82. The first-order chi connectivity index (χ1) is 9.80. The normalized spacial score (nSPS) is 28.0. The van der Waals surface area contributed by atoms with E-state index in [0.29, 0.717) is 6.61 Å². The van der Waals surface area contributed by atoms with E-state index in [4.69, 9.17) is 14.0 Å². The second-order valence-corrected chi connectivity index (χ2v) is 6.66. The van der Waals surface area contributed by atoms with Gasteiger partial charge < -0.3 is 14.0 Å². The Kier molecular flexibility index (Phi) is 3.58. The van der Waals surface area contributed by atoms with Crippen LogP contribution in [-0.2, 0) is 14.0 Å². The van der Waals surface area contributed by atoms with E-state index in [0.717, 1.165) is 19.4 Å². The molecule has 21 heavy (non-hydrogen) atoms. The van der Waals surface area contributed by atoms with Crippen molar-refractivity contribution >= 4 is 12.7 Å². The van der Waals surface area contributed by atoms with Crippen molar-refractivity contribution in [1.82, 2.24) is 15.0 Å². The van der Waals surface area contributed by atoms with Crippen molar-refractivity contribution in [2.24, 2.45) is 0 Å². The van der Waals surface area contributed by atoms with E-state index in [9.17, 15) is 4.39 Å². The van der Waals surface area contributed by atoms with Gasteiger partial charge in [-0.05, 0) is 40.5 Å². The van der Waals surface area contributed by atoms with E-state index < -0.39 is 24.3 Å². The summed E-state index contributed by atoms with van der Waals surface area (Å²) in [7, 11) is -0.826. The van der Waals surface area contributed by atoms with Crippen LogP contribution in [-0.4, -0.2) is 46.5 Å². The maximum absolute atomic E-state index is 14.1. The highest BCUT2D eigenvalue weighted by Crippen LogP contribution is 2.36. The molecule has 1 aromatic heterocycles. The monoisotopic (exact) mass is 297 g/mol. The second-order valence-electron chi connectivity index (χ2n) is 6.66. The SMILES string of the molecule is CC1(C)OB(c2nn(C3CCCOC3)nc2F)OC1(C)C. The Labute approximate surface area is 124 Å². The predicted molar refractivity (Wildman–Crippen MR) is 74.8 cm³/mol. The summed E-state index contributed by atoms with van der Waals surface area (Å²) in [5, 5.41) is 8.12. The lowest BCUT2D eigenvalue weighted by molar-refractivity contribution is 0.00578. The van der Waals surface area contributed by atoms with Gasteiger partial charge in [0, 0.05) is 6.61 Å². The van der Waals surface area contributed by atoms with Crippen LogP contribution in [0.5, 0.6) is 0 Å². The number of hydrogen-bond donors (Lipinski definition) is 0. The lowest BCUT2D eigenvalue weighted by Crippen LogP contribution is -2.41. The third-order valence-corrected chi connectivity index (χ3v) is 4.55. The summed E-state index contributed by atoms with van der Waals surface area (Å²) in [5.74, 6) is -0.640. The summed E-state index contributed by atoms with van der Waals surface area (Å²) < 4.78 is 31.2. The summed E-state index contributed by atoms with van der Waals surface area (Å²) in [4.78, 5) is 1.40. The van der Waals surface area contributed by atoms with Crippen LogP contribution in [0.3, 0.4) is 0 Å². The molecule has 0 aromatic carbocycles. The van der Waals surface area contributed by atoms with Crippen molar-refractivity contribution in [2.75, 3.05) is 13.2 Å². The highest BCUT2D eigenvalue weighted by atomic mass is 19.1. The molecule has 0 saturated carbocycles. The average Bonchev–Trinajstić information content (AvgIpc) is 2.89. The van der Waals surface area contributed by atoms with Crippen LogP contribution in [0.1, 0.15) is 46.6 Å². The minimum absolute atomic E-state index is 0.0237. The molecule has 0 bridgehead atoms. The number of ether oxygens (including phenoxy) is 1. The van der Waals surface area contributed by atoms with Gasteiger partial charge in [-0.15, -0.1) is 5.10 Å². The fourth-order valence-corrected chi connectivity index (χ4v) is 2.48. The van der Waals surface area contributed by atoms with Gasteiger partial charge in [-0.2, -0.15) is 14.3 Å². The number of aromatic nitrogens is 3. The average molecular weight is 297 g/mol. The molecule has 2 fully saturated rings. The van der Waals surface area contributed by atoms with E-state index in [1.807, 2.05) is 27.7 Å². The minimum Gasteiger partial charge on any atom is -0.398 e. The predicted octanol–water partition coefficient (Wildman–Crippen LogP) is 1.07. The van der Waals surface area contributed by atoms with Crippen molar-refractivity contribution in [3.8, 4) is 0 Å². The van der Waals surface area contributed by atoms with Gasteiger partial charge in [-0.1, -0.05) is 0 Å². The molecule has 0 spiro atoms. The third-order valence-electron chi connectivity index (χ3n) is 4.55. The molecule has 116 valence electrons. The Hall–Kier alpha value is -0.985. The molecule has 2 aliphatic rings. The third kappa shape index (κ3) is 2.60. The number of rotatable bonds is 2. The first-order valence-corrected chi connectivity index (χ1v) is 7.36. The van der Waals surface area contributed by atoms with E-state index in [1.54, 1.807) is 0 Å². The van der Waals surface area contributed by atoms with Gasteiger partial charge in [-0.25, -0.2) is 0 Å². The summed E-state index contributed by atoms with van der Waals surface area (Å²) in [6.45, 7) is 8.93. The lowest BCUT2D eigenvalue weighted by atomic mass is 9.85. The highest BCUT2D eigenvalue weighted by Gasteiger charge is 2.54. The van der Waals surface area contributed by atoms with Crippen LogP contribution in [0.15, 0.2) is 0 Å². The molecule has 2 saturated heterocycles. The quantitative estimate of drug-likeness (QED) is 0.764. The van der Waals surface area contributed by atoms with Crippen LogP contribution in [0, 0.1) is 5.95 Å². The van der Waals surface area contributed by atoms with Crippen molar-refractivity contribution < 1.29 is 18.4 Å².